The van der Waals surface area contributed by atoms with Crippen LogP contribution in [0.5, 0.6) is 0 Å². The maximum Gasteiger partial charge on any atom is 0.278 e. The number of amides is 1. The molecule has 1 heterocycles. The zero-order valence-electron chi connectivity index (χ0n) is 10.00. The van der Waals surface area contributed by atoms with Crippen LogP contribution in [0.2, 0.25) is 0 Å². The van der Waals surface area contributed by atoms with E-state index in [1.807, 2.05) is 0 Å². The Bertz CT molecular complexity index is 525. The van der Waals surface area contributed by atoms with Gasteiger partial charge in [-0.25, -0.2) is 5.01 Å². The highest BCUT2D eigenvalue weighted by Gasteiger charge is 2.24. The molecule has 1 amide bonds. The molecule has 0 aromatic heterocycles. The summed E-state index contributed by atoms with van der Waals surface area (Å²) in [5, 5.41) is 16.5. The normalized spacial score (nSPS) is 14.5. The van der Waals surface area contributed by atoms with E-state index < -0.39 is 4.92 Å². The predicted molar refractivity (Wildman–Crippen MR) is 66.3 cm³/mol. The van der Waals surface area contributed by atoms with Gasteiger partial charge < -0.3 is 0 Å². The summed E-state index contributed by atoms with van der Waals surface area (Å²) in [4.78, 5) is 22.0. The van der Waals surface area contributed by atoms with Crippen LogP contribution < -0.4 is 0 Å². The highest BCUT2D eigenvalue weighted by Crippen LogP contribution is 2.23. The number of rotatable bonds is 3. The number of carbonyl (C=O) groups excluding carboxylic acids is 1. The molecule has 18 heavy (non-hydrogen) atoms. The van der Waals surface area contributed by atoms with Crippen molar-refractivity contribution in [2.75, 3.05) is 6.54 Å². The van der Waals surface area contributed by atoms with E-state index in [1.165, 1.54) is 11.1 Å². The van der Waals surface area contributed by atoms with Crippen LogP contribution in [0.1, 0.15) is 25.3 Å². The molecule has 0 unspecified atom stereocenters. The fraction of sp³-hybridized carbons (Fsp3) is 0.333. The summed E-state index contributed by atoms with van der Waals surface area (Å²) >= 11 is 0. The molecule has 0 saturated carbocycles. The van der Waals surface area contributed by atoms with Crippen molar-refractivity contribution in [3.63, 3.8) is 0 Å². The van der Waals surface area contributed by atoms with E-state index in [9.17, 15) is 14.9 Å². The van der Waals surface area contributed by atoms with E-state index in [-0.39, 0.29) is 11.6 Å². The molecule has 0 bridgehead atoms. The fourth-order valence-electron chi connectivity index (χ4n) is 1.89. The molecule has 0 atom stereocenters. The number of benzene rings is 1. The van der Waals surface area contributed by atoms with Crippen molar-refractivity contribution in [3.05, 3.63) is 39.9 Å². The summed E-state index contributed by atoms with van der Waals surface area (Å²) in [5.41, 5.74) is 1.13. The molecule has 2 rings (SSSR count). The second-order valence-electron chi connectivity index (χ2n) is 3.94. The van der Waals surface area contributed by atoms with Gasteiger partial charge in [-0.1, -0.05) is 19.1 Å². The summed E-state index contributed by atoms with van der Waals surface area (Å²) in [5.74, 6) is -0.0661. The molecule has 0 radical (unpaired) electrons. The van der Waals surface area contributed by atoms with Gasteiger partial charge in [-0.3, -0.25) is 14.9 Å². The van der Waals surface area contributed by atoms with Crippen LogP contribution in [-0.4, -0.2) is 28.1 Å². The summed E-state index contributed by atoms with van der Waals surface area (Å²) in [6.07, 6.45) is 0.935. The maximum absolute atomic E-state index is 11.5. The molecule has 6 nitrogen and oxygen atoms in total. The fourth-order valence-corrected chi connectivity index (χ4v) is 1.89. The van der Waals surface area contributed by atoms with Gasteiger partial charge in [-0.05, 0) is 6.07 Å². The minimum absolute atomic E-state index is 0.0297. The van der Waals surface area contributed by atoms with E-state index in [0.29, 0.717) is 30.7 Å². The number of hydrogen-bond acceptors (Lipinski definition) is 4. The van der Waals surface area contributed by atoms with Crippen molar-refractivity contribution in [1.29, 1.82) is 0 Å². The Kier molecular flexibility index (Phi) is 3.36. The molecular formula is C12H13N3O3. The minimum Gasteiger partial charge on any atom is -0.273 e. The summed E-state index contributed by atoms with van der Waals surface area (Å²) < 4.78 is 0. The van der Waals surface area contributed by atoms with Gasteiger partial charge in [0.15, 0.2) is 0 Å². The highest BCUT2D eigenvalue weighted by molar-refractivity contribution is 6.05. The topological polar surface area (TPSA) is 75.8 Å². The van der Waals surface area contributed by atoms with Crippen LogP contribution in [0.4, 0.5) is 5.69 Å². The molecule has 0 aliphatic carbocycles. The van der Waals surface area contributed by atoms with Crippen LogP contribution >= 0.6 is 0 Å². The first-order valence-corrected chi connectivity index (χ1v) is 5.75. The second-order valence-corrected chi connectivity index (χ2v) is 3.94. The zero-order chi connectivity index (χ0) is 13.1. The van der Waals surface area contributed by atoms with Gasteiger partial charge in [0.2, 0.25) is 5.91 Å². The number of hydrogen-bond donors (Lipinski definition) is 0. The van der Waals surface area contributed by atoms with Crippen LogP contribution in [0.15, 0.2) is 29.4 Å². The Hall–Kier alpha value is -2.24. The average Bonchev–Trinajstić information content (AvgIpc) is 2.87. The lowest BCUT2D eigenvalue weighted by Gasteiger charge is -2.08. The molecule has 1 aromatic rings. The van der Waals surface area contributed by atoms with Gasteiger partial charge in [0, 0.05) is 18.9 Å². The molecule has 1 aliphatic rings. The van der Waals surface area contributed by atoms with Gasteiger partial charge in [0.25, 0.3) is 5.69 Å². The van der Waals surface area contributed by atoms with Gasteiger partial charge in [0.05, 0.1) is 22.7 Å². The Morgan fingerprint density at radius 2 is 2.22 bits per heavy atom. The van der Waals surface area contributed by atoms with Crippen molar-refractivity contribution < 1.29 is 9.72 Å². The van der Waals surface area contributed by atoms with E-state index in [4.69, 9.17) is 0 Å². The maximum atomic E-state index is 11.5. The lowest BCUT2D eigenvalue weighted by atomic mass is 10.1. The largest absolute Gasteiger partial charge is 0.278 e. The molecule has 1 aliphatic heterocycles. The first kappa shape index (κ1) is 12.2. The van der Waals surface area contributed by atoms with Crippen LogP contribution in [0.25, 0.3) is 0 Å². The quantitative estimate of drug-likeness (QED) is 0.605. The first-order chi connectivity index (χ1) is 8.63. The molecule has 94 valence electrons. The average molecular weight is 247 g/mol. The number of nitro benzene ring substituents is 1. The van der Waals surface area contributed by atoms with Gasteiger partial charge in [-0.2, -0.15) is 5.10 Å². The predicted octanol–water partition coefficient (Wildman–Crippen LogP) is 1.94. The van der Waals surface area contributed by atoms with Crippen molar-refractivity contribution in [2.24, 2.45) is 5.10 Å². The summed E-state index contributed by atoms with van der Waals surface area (Å²) in [6, 6.07) is 6.46. The standard InChI is InChI=1S/C12H13N3O3/c1-2-12(16)14-8-7-10(13-14)9-5-3-4-6-11(9)15(17)18/h3-6H,2,7-8H2,1H3. The third-order valence-electron chi connectivity index (χ3n) is 2.80. The molecule has 0 saturated heterocycles. The van der Waals surface area contributed by atoms with Crippen molar-refractivity contribution in [2.45, 2.75) is 19.8 Å². The van der Waals surface area contributed by atoms with Crippen molar-refractivity contribution in [3.8, 4) is 0 Å². The third kappa shape index (κ3) is 2.22. The lowest BCUT2D eigenvalue weighted by Crippen LogP contribution is -2.21. The molecular weight excluding hydrogens is 234 g/mol. The Morgan fingerprint density at radius 3 is 2.89 bits per heavy atom. The number of nitro groups is 1. The van der Waals surface area contributed by atoms with Gasteiger partial charge in [0.1, 0.15) is 0 Å². The monoisotopic (exact) mass is 247 g/mol. The van der Waals surface area contributed by atoms with E-state index >= 15 is 0 Å². The van der Waals surface area contributed by atoms with E-state index in [2.05, 4.69) is 5.10 Å². The SMILES string of the molecule is CCC(=O)N1CCC(c2ccccc2[N+](=O)[O-])=N1. The summed E-state index contributed by atoms with van der Waals surface area (Å²) in [7, 11) is 0. The summed E-state index contributed by atoms with van der Waals surface area (Å²) in [6.45, 7) is 2.26. The minimum atomic E-state index is -0.428. The molecule has 0 fully saturated rings. The van der Waals surface area contributed by atoms with Crippen molar-refractivity contribution in [1.82, 2.24) is 5.01 Å². The number of nitrogens with zero attached hydrogens (tertiary/aromatic N) is 3. The first-order valence-electron chi connectivity index (χ1n) is 5.75. The van der Waals surface area contributed by atoms with Crippen LogP contribution in [0, 0.1) is 10.1 Å². The second kappa shape index (κ2) is 4.95. The van der Waals surface area contributed by atoms with Gasteiger partial charge in [-0.15, -0.1) is 0 Å². The Balaban J connectivity index is 2.34. The number of carbonyl (C=O) groups is 1. The van der Waals surface area contributed by atoms with E-state index in [1.54, 1.807) is 25.1 Å². The van der Waals surface area contributed by atoms with Crippen LogP contribution in [-0.2, 0) is 4.79 Å². The van der Waals surface area contributed by atoms with Crippen molar-refractivity contribution >= 4 is 17.3 Å². The number of hydrazone groups is 1. The molecule has 1 aromatic carbocycles. The van der Waals surface area contributed by atoms with Gasteiger partial charge >= 0.3 is 0 Å². The smallest absolute Gasteiger partial charge is 0.273 e. The Labute approximate surface area is 104 Å². The van der Waals surface area contributed by atoms with Crippen LogP contribution in [0.3, 0.4) is 0 Å². The molecule has 0 spiro atoms. The zero-order valence-corrected chi connectivity index (χ0v) is 10.00. The Morgan fingerprint density at radius 1 is 1.50 bits per heavy atom. The number of para-hydroxylation sites is 1. The molecule has 6 heteroatoms. The third-order valence-corrected chi connectivity index (χ3v) is 2.80. The molecule has 0 N–H and O–H groups in total. The highest BCUT2D eigenvalue weighted by atomic mass is 16.6. The van der Waals surface area contributed by atoms with E-state index in [0.717, 1.165) is 0 Å². The lowest BCUT2D eigenvalue weighted by molar-refractivity contribution is -0.385.